The molecule has 0 atom stereocenters. The van der Waals surface area contributed by atoms with Gasteiger partial charge in [-0.1, -0.05) is 0 Å². The van der Waals surface area contributed by atoms with Gasteiger partial charge in [-0.15, -0.1) is 0 Å². The number of nitrogens with zero attached hydrogens (tertiary/aromatic N) is 1. The number of nitrogens with one attached hydrogen (secondary N) is 1. The second kappa shape index (κ2) is 6.91. The maximum absolute atomic E-state index is 14.3. The van der Waals surface area contributed by atoms with Gasteiger partial charge in [0.15, 0.2) is 0 Å². The molecule has 0 spiro atoms. The van der Waals surface area contributed by atoms with Crippen LogP contribution in [-0.4, -0.2) is 42.2 Å². The van der Waals surface area contributed by atoms with Crippen molar-refractivity contribution >= 4 is 34.2 Å². The number of aliphatic hydroxyl groups excluding tert-OH is 1. The zero-order chi connectivity index (χ0) is 15.6. The molecule has 6 heteroatoms. The second-order valence-corrected chi connectivity index (χ2v) is 6.91. The Hall–Kier alpha value is -0.890. The SMILES string of the molecule is CN(C)C(=O)c1cc(I)cc(F)c1N[C@H]1CC[C@H](O)CC1. The van der Waals surface area contributed by atoms with Crippen LogP contribution >= 0.6 is 22.6 Å². The zero-order valence-corrected chi connectivity index (χ0v) is 14.4. The van der Waals surface area contributed by atoms with Crippen molar-refractivity contribution in [3.05, 3.63) is 27.1 Å². The largest absolute Gasteiger partial charge is 0.393 e. The van der Waals surface area contributed by atoms with Gasteiger partial charge < -0.3 is 15.3 Å². The first-order chi connectivity index (χ1) is 9.88. The van der Waals surface area contributed by atoms with Gasteiger partial charge in [-0.25, -0.2) is 4.39 Å². The monoisotopic (exact) mass is 406 g/mol. The minimum Gasteiger partial charge on any atom is -0.393 e. The van der Waals surface area contributed by atoms with Crippen molar-refractivity contribution in [1.29, 1.82) is 0 Å². The van der Waals surface area contributed by atoms with Crippen LogP contribution in [0.25, 0.3) is 0 Å². The first-order valence-corrected chi connectivity index (χ1v) is 8.11. The van der Waals surface area contributed by atoms with Gasteiger partial charge in [-0.2, -0.15) is 0 Å². The summed E-state index contributed by atoms with van der Waals surface area (Å²) in [5.41, 5.74) is 0.631. The van der Waals surface area contributed by atoms with Crippen LogP contribution in [0.15, 0.2) is 12.1 Å². The van der Waals surface area contributed by atoms with E-state index in [1.165, 1.54) is 11.0 Å². The summed E-state index contributed by atoms with van der Waals surface area (Å²) in [6.45, 7) is 0. The average molecular weight is 406 g/mol. The van der Waals surface area contributed by atoms with Gasteiger partial charge >= 0.3 is 0 Å². The third kappa shape index (κ3) is 4.06. The third-order valence-corrected chi connectivity index (χ3v) is 4.36. The lowest BCUT2D eigenvalue weighted by Gasteiger charge is -2.28. The van der Waals surface area contributed by atoms with E-state index >= 15 is 0 Å². The molecule has 0 aliphatic heterocycles. The highest BCUT2D eigenvalue weighted by molar-refractivity contribution is 14.1. The summed E-state index contributed by atoms with van der Waals surface area (Å²) < 4.78 is 15.0. The molecule has 1 saturated carbocycles. The van der Waals surface area contributed by atoms with E-state index in [-0.39, 0.29) is 23.7 Å². The van der Waals surface area contributed by atoms with Crippen LogP contribution in [-0.2, 0) is 0 Å². The van der Waals surface area contributed by atoms with Crippen molar-refractivity contribution < 1.29 is 14.3 Å². The van der Waals surface area contributed by atoms with E-state index in [0.29, 0.717) is 22.0 Å². The molecule has 2 rings (SSSR count). The Kier molecular flexibility index (Phi) is 5.43. The highest BCUT2D eigenvalue weighted by Crippen LogP contribution is 2.28. The lowest BCUT2D eigenvalue weighted by molar-refractivity contribution is 0.0827. The van der Waals surface area contributed by atoms with E-state index in [2.05, 4.69) is 5.32 Å². The summed E-state index contributed by atoms with van der Waals surface area (Å²) in [6.07, 6.45) is 2.72. The number of hydrogen-bond acceptors (Lipinski definition) is 3. The number of halogens is 2. The Morgan fingerprint density at radius 2 is 1.95 bits per heavy atom. The molecule has 1 fully saturated rings. The Balaban J connectivity index is 2.27. The minimum absolute atomic E-state index is 0.0941. The summed E-state index contributed by atoms with van der Waals surface area (Å²) >= 11 is 2.01. The molecule has 0 heterocycles. The van der Waals surface area contributed by atoms with Crippen LogP contribution in [0, 0.1) is 9.39 Å². The summed E-state index contributed by atoms with van der Waals surface area (Å²) in [5.74, 6) is -0.621. The number of aliphatic hydroxyl groups is 1. The maximum Gasteiger partial charge on any atom is 0.255 e. The standard InChI is InChI=1S/C15H20FIN2O2/c1-19(2)15(21)12-7-9(17)8-13(16)14(12)18-10-3-5-11(20)6-4-10/h7-8,10-11,18,20H,3-6H2,1-2H3/t10-,11-. The molecule has 1 aliphatic rings. The van der Waals surface area contributed by atoms with Gasteiger partial charge in [-0.3, -0.25) is 4.79 Å². The summed E-state index contributed by atoms with van der Waals surface area (Å²) in [7, 11) is 3.31. The fraction of sp³-hybridized carbons (Fsp3) is 0.533. The lowest BCUT2D eigenvalue weighted by atomic mass is 9.92. The second-order valence-electron chi connectivity index (χ2n) is 5.66. The van der Waals surface area contributed by atoms with Gasteiger partial charge in [0, 0.05) is 23.7 Å². The average Bonchev–Trinajstić information content (AvgIpc) is 2.42. The van der Waals surface area contributed by atoms with Crippen molar-refractivity contribution in [2.75, 3.05) is 19.4 Å². The molecule has 1 amide bonds. The Labute approximate surface area is 137 Å². The number of benzene rings is 1. The molecule has 0 radical (unpaired) electrons. The number of amides is 1. The molecule has 4 nitrogen and oxygen atoms in total. The van der Waals surface area contributed by atoms with Crippen LogP contribution in [0.4, 0.5) is 10.1 Å². The van der Waals surface area contributed by atoms with Gasteiger partial charge in [0.05, 0.1) is 17.4 Å². The van der Waals surface area contributed by atoms with Crippen molar-refractivity contribution in [3.8, 4) is 0 Å². The summed E-state index contributed by atoms with van der Waals surface area (Å²) in [5, 5.41) is 12.7. The van der Waals surface area contributed by atoms with Gasteiger partial charge in [0.1, 0.15) is 5.82 Å². The molecular formula is C15H20FIN2O2. The normalized spacial score (nSPS) is 22.0. The predicted octanol–water partition coefficient (Wildman–Crippen LogP) is 2.85. The van der Waals surface area contributed by atoms with Crippen molar-refractivity contribution in [3.63, 3.8) is 0 Å². The molecule has 1 aliphatic carbocycles. The highest BCUT2D eigenvalue weighted by Gasteiger charge is 2.24. The predicted molar refractivity (Wildman–Crippen MR) is 89.0 cm³/mol. The molecule has 2 N–H and O–H groups in total. The van der Waals surface area contributed by atoms with E-state index < -0.39 is 5.82 Å². The van der Waals surface area contributed by atoms with E-state index in [4.69, 9.17) is 0 Å². The lowest BCUT2D eigenvalue weighted by Crippen LogP contribution is -2.30. The molecule has 0 unspecified atom stereocenters. The van der Waals surface area contributed by atoms with E-state index in [9.17, 15) is 14.3 Å². The molecule has 116 valence electrons. The van der Waals surface area contributed by atoms with Crippen molar-refractivity contribution in [2.24, 2.45) is 0 Å². The molecule has 1 aromatic rings. The minimum atomic E-state index is -0.404. The topological polar surface area (TPSA) is 52.6 Å². The smallest absolute Gasteiger partial charge is 0.255 e. The van der Waals surface area contributed by atoms with Crippen LogP contribution in [0.2, 0.25) is 0 Å². The van der Waals surface area contributed by atoms with Crippen molar-refractivity contribution in [2.45, 2.75) is 37.8 Å². The van der Waals surface area contributed by atoms with E-state index in [1.54, 1.807) is 20.2 Å². The quantitative estimate of drug-likeness (QED) is 0.760. The van der Waals surface area contributed by atoms with E-state index in [1.807, 2.05) is 22.6 Å². The first-order valence-electron chi connectivity index (χ1n) is 7.03. The highest BCUT2D eigenvalue weighted by atomic mass is 127. The molecule has 1 aromatic carbocycles. The molecule has 21 heavy (non-hydrogen) atoms. The van der Waals surface area contributed by atoms with Crippen LogP contribution < -0.4 is 5.32 Å². The van der Waals surface area contributed by atoms with E-state index in [0.717, 1.165) is 12.8 Å². The van der Waals surface area contributed by atoms with Gasteiger partial charge in [0.2, 0.25) is 0 Å². The van der Waals surface area contributed by atoms with Gasteiger partial charge in [0.25, 0.3) is 5.91 Å². The molecular weight excluding hydrogens is 386 g/mol. The fourth-order valence-electron chi connectivity index (χ4n) is 2.55. The van der Waals surface area contributed by atoms with Crippen LogP contribution in [0.3, 0.4) is 0 Å². The van der Waals surface area contributed by atoms with Crippen LogP contribution in [0.5, 0.6) is 0 Å². The Morgan fingerprint density at radius 1 is 1.33 bits per heavy atom. The first kappa shape index (κ1) is 16.5. The number of hydrogen-bond donors (Lipinski definition) is 2. The number of anilines is 1. The third-order valence-electron chi connectivity index (χ3n) is 3.74. The zero-order valence-electron chi connectivity index (χ0n) is 12.2. The fourth-order valence-corrected chi connectivity index (χ4v) is 3.14. The van der Waals surface area contributed by atoms with Crippen molar-refractivity contribution in [1.82, 2.24) is 4.90 Å². The molecule has 0 aromatic heterocycles. The summed E-state index contributed by atoms with van der Waals surface area (Å²) in [6, 6.07) is 3.22. The Morgan fingerprint density at radius 3 is 2.52 bits per heavy atom. The molecule has 0 saturated heterocycles. The molecule has 0 bridgehead atoms. The Bertz CT molecular complexity index is 529. The number of rotatable bonds is 3. The number of carbonyl (C=O) groups excluding carboxylic acids is 1. The number of carbonyl (C=O) groups is 1. The summed E-state index contributed by atoms with van der Waals surface area (Å²) in [4.78, 5) is 13.7. The van der Waals surface area contributed by atoms with Gasteiger partial charge in [-0.05, 0) is 60.4 Å². The van der Waals surface area contributed by atoms with Crippen LogP contribution in [0.1, 0.15) is 36.0 Å². The maximum atomic E-state index is 14.3.